The van der Waals surface area contributed by atoms with Crippen LogP contribution in [0.2, 0.25) is 18.1 Å². The lowest BCUT2D eigenvalue weighted by Crippen LogP contribution is -2.56. The number of amides is 1. The van der Waals surface area contributed by atoms with E-state index in [1.54, 1.807) is 0 Å². The molecule has 0 radical (unpaired) electrons. The van der Waals surface area contributed by atoms with Gasteiger partial charge in [0.05, 0.1) is 12.8 Å². The summed E-state index contributed by atoms with van der Waals surface area (Å²) in [5.41, 5.74) is -0.200. The quantitative estimate of drug-likeness (QED) is 0.804. The van der Waals surface area contributed by atoms with Gasteiger partial charge in [0.2, 0.25) is 0 Å². The largest absolute Gasteiger partial charge is 0.453 e. The van der Waals surface area contributed by atoms with Gasteiger partial charge in [-0.25, -0.2) is 4.79 Å². The van der Waals surface area contributed by atoms with E-state index in [9.17, 15) is 4.79 Å². The SMILES string of the molecule is COC(=O)NC12CCCN1C(CO[Si](C)(C)C(C)(C)C)CC2. The van der Waals surface area contributed by atoms with Crippen LogP contribution >= 0.6 is 0 Å². The lowest BCUT2D eigenvalue weighted by atomic mass is 10.0. The predicted octanol–water partition coefficient (Wildman–Crippen LogP) is 3.32. The Morgan fingerprint density at radius 2 is 2.05 bits per heavy atom. The van der Waals surface area contributed by atoms with Gasteiger partial charge in [-0.2, -0.15) is 0 Å². The van der Waals surface area contributed by atoms with E-state index in [2.05, 4.69) is 44.1 Å². The molecule has 0 aromatic carbocycles. The molecule has 1 N–H and O–H groups in total. The Kier molecular flexibility index (Phi) is 4.95. The minimum atomic E-state index is -1.72. The lowest BCUT2D eigenvalue weighted by molar-refractivity contribution is 0.0771. The molecule has 6 heteroatoms. The molecular weight excluding hydrogens is 296 g/mol. The summed E-state index contributed by atoms with van der Waals surface area (Å²) in [7, 11) is -0.289. The first-order chi connectivity index (χ1) is 10.1. The van der Waals surface area contributed by atoms with Crippen LogP contribution in [-0.4, -0.2) is 51.3 Å². The topological polar surface area (TPSA) is 50.8 Å². The Balaban J connectivity index is 1.99. The third-order valence-electron chi connectivity index (χ3n) is 5.83. The van der Waals surface area contributed by atoms with E-state index in [-0.39, 0.29) is 16.8 Å². The number of carbonyl (C=O) groups is 1. The second-order valence-corrected chi connectivity index (χ2v) is 13.0. The molecule has 0 bridgehead atoms. The van der Waals surface area contributed by atoms with Gasteiger partial charge in [-0.15, -0.1) is 0 Å². The van der Waals surface area contributed by atoms with Crippen molar-refractivity contribution >= 4 is 14.4 Å². The molecule has 2 rings (SSSR count). The minimum absolute atomic E-state index is 0.200. The number of hydrogen-bond acceptors (Lipinski definition) is 4. The summed E-state index contributed by atoms with van der Waals surface area (Å²) >= 11 is 0. The van der Waals surface area contributed by atoms with Gasteiger partial charge in [0.1, 0.15) is 0 Å². The standard InChI is InChI=1S/C16H32N2O3Si/c1-15(2,3)22(5,6)21-12-13-8-10-16(17-14(19)20-4)9-7-11-18(13)16/h13H,7-12H2,1-6H3,(H,17,19). The monoisotopic (exact) mass is 328 g/mol. The normalized spacial score (nSPS) is 29.5. The first kappa shape index (κ1) is 17.8. The Bertz CT molecular complexity index is 422. The lowest BCUT2D eigenvalue weighted by Gasteiger charge is -2.39. The number of rotatable bonds is 4. The van der Waals surface area contributed by atoms with Crippen LogP contribution in [0.4, 0.5) is 4.79 Å². The van der Waals surface area contributed by atoms with Crippen molar-refractivity contribution in [1.29, 1.82) is 0 Å². The predicted molar refractivity (Wildman–Crippen MR) is 90.4 cm³/mol. The molecule has 0 saturated carbocycles. The summed E-state index contributed by atoms with van der Waals surface area (Å²) in [6.07, 6.45) is 3.89. The van der Waals surface area contributed by atoms with Crippen molar-refractivity contribution in [3.63, 3.8) is 0 Å². The molecule has 128 valence electrons. The van der Waals surface area contributed by atoms with Gasteiger partial charge in [-0.05, 0) is 43.8 Å². The van der Waals surface area contributed by atoms with Crippen molar-refractivity contribution in [3.05, 3.63) is 0 Å². The van der Waals surface area contributed by atoms with Crippen molar-refractivity contribution in [2.24, 2.45) is 0 Å². The first-order valence-corrected chi connectivity index (χ1v) is 11.3. The molecule has 2 heterocycles. The number of fused-ring (bicyclic) bond motifs is 1. The molecule has 2 atom stereocenters. The molecule has 2 saturated heterocycles. The van der Waals surface area contributed by atoms with E-state index >= 15 is 0 Å². The summed E-state index contributed by atoms with van der Waals surface area (Å²) in [6.45, 7) is 13.2. The zero-order chi connectivity index (χ0) is 16.6. The molecule has 2 aliphatic rings. The second-order valence-electron chi connectivity index (χ2n) is 8.21. The van der Waals surface area contributed by atoms with Crippen LogP contribution in [0, 0.1) is 0 Å². The van der Waals surface area contributed by atoms with Crippen LogP contribution in [0.15, 0.2) is 0 Å². The van der Waals surface area contributed by atoms with Crippen molar-refractivity contribution in [1.82, 2.24) is 10.2 Å². The molecule has 2 fully saturated rings. The molecule has 0 aromatic rings. The van der Waals surface area contributed by atoms with Crippen molar-refractivity contribution in [2.75, 3.05) is 20.3 Å². The van der Waals surface area contributed by atoms with Gasteiger partial charge in [0, 0.05) is 19.2 Å². The highest BCUT2D eigenvalue weighted by Crippen LogP contribution is 2.42. The Morgan fingerprint density at radius 3 is 2.64 bits per heavy atom. The second kappa shape index (κ2) is 6.13. The van der Waals surface area contributed by atoms with Crippen LogP contribution < -0.4 is 5.32 Å². The number of nitrogens with one attached hydrogen (secondary N) is 1. The van der Waals surface area contributed by atoms with E-state index in [0.29, 0.717) is 6.04 Å². The van der Waals surface area contributed by atoms with E-state index in [4.69, 9.17) is 9.16 Å². The van der Waals surface area contributed by atoms with Crippen LogP contribution in [-0.2, 0) is 9.16 Å². The van der Waals surface area contributed by atoms with Crippen molar-refractivity contribution in [3.8, 4) is 0 Å². The van der Waals surface area contributed by atoms with Gasteiger partial charge in [0.15, 0.2) is 8.32 Å². The molecule has 5 nitrogen and oxygen atoms in total. The maximum atomic E-state index is 11.7. The van der Waals surface area contributed by atoms with Gasteiger partial charge in [0.25, 0.3) is 0 Å². The van der Waals surface area contributed by atoms with Crippen LogP contribution in [0.3, 0.4) is 0 Å². The van der Waals surface area contributed by atoms with E-state index in [1.165, 1.54) is 7.11 Å². The zero-order valence-electron chi connectivity index (χ0n) is 15.0. The third-order valence-corrected chi connectivity index (χ3v) is 10.3. The maximum Gasteiger partial charge on any atom is 0.408 e. The smallest absolute Gasteiger partial charge is 0.408 e. The number of carbonyl (C=O) groups excluding carboxylic acids is 1. The zero-order valence-corrected chi connectivity index (χ0v) is 16.0. The van der Waals surface area contributed by atoms with Gasteiger partial charge in [-0.3, -0.25) is 4.90 Å². The molecule has 0 aromatic heterocycles. The van der Waals surface area contributed by atoms with E-state index in [0.717, 1.165) is 38.8 Å². The molecule has 2 unspecified atom stereocenters. The van der Waals surface area contributed by atoms with Crippen LogP contribution in [0.5, 0.6) is 0 Å². The first-order valence-electron chi connectivity index (χ1n) is 8.38. The van der Waals surface area contributed by atoms with Crippen molar-refractivity contribution < 1.29 is 14.0 Å². The Morgan fingerprint density at radius 1 is 1.36 bits per heavy atom. The summed E-state index contributed by atoms with van der Waals surface area (Å²) in [5.74, 6) is 0. The highest BCUT2D eigenvalue weighted by Gasteiger charge is 2.51. The molecule has 0 aliphatic carbocycles. The number of alkyl carbamates (subject to hydrolysis) is 1. The highest BCUT2D eigenvalue weighted by atomic mass is 28.4. The van der Waals surface area contributed by atoms with E-state index in [1.807, 2.05) is 0 Å². The molecule has 22 heavy (non-hydrogen) atoms. The number of hydrogen-bond donors (Lipinski definition) is 1. The van der Waals surface area contributed by atoms with Crippen molar-refractivity contribution in [2.45, 2.75) is 76.3 Å². The summed E-state index contributed by atoms with van der Waals surface area (Å²) in [6, 6.07) is 0.411. The Hall–Kier alpha value is -0.593. The summed E-state index contributed by atoms with van der Waals surface area (Å²) in [4.78, 5) is 14.1. The van der Waals surface area contributed by atoms with Crippen LogP contribution in [0.1, 0.15) is 46.5 Å². The summed E-state index contributed by atoms with van der Waals surface area (Å²) in [5, 5.41) is 3.32. The minimum Gasteiger partial charge on any atom is -0.453 e. The fourth-order valence-electron chi connectivity index (χ4n) is 3.39. The van der Waals surface area contributed by atoms with E-state index < -0.39 is 8.32 Å². The highest BCUT2D eigenvalue weighted by molar-refractivity contribution is 6.74. The summed E-state index contributed by atoms with van der Waals surface area (Å²) < 4.78 is 11.2. The van der Waals surface area contributed by atoms with Crippen LogP contribution in [0.25, 0.3) is 0 Å². The van der Waals surface area contributed by atoms with Gasteiger partial charge in [-0.1, -0.05) is 20.8 Å². The molecular formula is C16H32N2O3Si. The average Bonchev–Trinajstić information content (AvgIpc) is 2.93. The Labute approximate surface area is 135 Å². The maximum absolute atomic E-state index is 11.7. The third kappa shape index (κ3) is 3.33. The van der Waals surface area contributed by atoms with Gasteiger partial charge >= 0.3 is 6.09 Å². The molecule has 0 spiro atoms. The fourth-order valence-corrected chi connectivity index (χ4v) is 4.44. The number of methoxy groups -OCH3 is 1. The molecule has 2 aliphatic heterocycles. The van der Waals surface area contributed by atoms with Gasteiger partial charge < -0.3 is 14.5 Å². The number of nitrogens with zero attached hydrogens (tertiary/aromatic N) is 1. The number of ether oxygens (including phenoxy) is 1. The average molecular weight is 329 g/mol. The fraction of sp³-hybridized carbons (Fsp3) is 0.938. The molecule has 1 amide bonds.